The number of rotatable bonds is 5. The third-order valence-corrected chi connectivity index (χ3v) is 7.82. The van der Waals surface area contributed by atoms with Gasteiger partial charge in [0.25, 0.3) is 0 Å². The van der Waals surface area contributed by atoms with Gasteiger partial charge in [0, 0.05) is 24.6 Å². The minimum Gasteiger partial charge on any atom is -0.294 e. The summed E-state index contributed by atoms with van der Waals surface area (Å²) in [6, 6.07) is 17.5. The van der Waals surface area contributed by atoms with E-state index in [2.05, 4.69) is 10.2 Å². The van der Waals surface area contributed by atoms with Gasteiger partial charge in [0.15, 0.2) is 5.78 Å². The van der Waals surface area contributed by atoms with E-state index >= 15 is 0 Å². The average Bonchev–Trinajstić information content (AvgIpc) is 3.12. The van der Waals surface area contributed by atoms with Crippen LogP contribution in [0.2, 0.25) is 0 Å². The van der Waals surface area contributed by atoms with Crippen LogP contribution in [0.3, 0.4) is 0 Å². The number of benzene rings is 2. The third kappa shape index (κ3) is 3.82. The van der Waals surface area contributed by atoms with Crippen LogP contribution in [-0.2, 0) is 10.0 Å². The monoisotopic (exact) mass is 423 g/mol. The highest BCUT2D eigenvalue weighted by atomic mass is 32.2. The molecule has 0 spiro atoms. The number of hydrogen-bond acceptors (Lipinski definition) is 4. The van der Waals surface area contributed by atoms with Crippen molar-refractivity contribution in [2.45, 2.75) is 31.6 Å². The summed E-state index contributed by atoms with van der Waals surface area (Å²) in [5.74, 6) is -0.348. The van der Waals surface area contributed by atoms with Crippen LogP contribution in [0.5, 0.6) is 0 Å². The lowest BCUT2D eigenvalue weighted by molar-refractivity contribution is 0.0872. The molecule has 30 heavy (non-hydrogen) atoms. The summed E-state index contributed by atoms with van der Waals surface area (Å²) in [6.07, 6.45) is 1.35. The Hall–Kier alpha value is -2.77. The zero-order valence-corrected chi connectivity index (χ0v) is 17.9. The van der Waals surface area contributed by atoms with E-state index in [1.54, 1.807) is 13.8 Å². The molecule has 0 aliphatic carbocycles. The van der Waals surface area contributed by atoms with E-state index in [0.717, 1.165) is 11.1 Å². The molecule has 1 fully saturated rings. The maximum atomic E-state index is 13.2. The van der Waals surface area contributed by atoms with Gasteiger partial charge >= 0.3 is 0 Å². The van der Waals surface area contributed by atoms with E-state index in [0.29, 0.717) is 36.3 Å². The molecule has 4 rings (SSSR count). The molecule has 2 heterocycles. The lowest BCUT2D eigenvalue weighted by atomic mass is 9.90. The summed E-state index contributed by atoms with van der Waals surface area (Å²) in [4.78, 5) is 13.3. The van der Waals surface area contributed by atoms with E-state index < -0.39 is 10.0 Å². The van der Waals surface area contributed by atoms with Crippen LogP contribution in [0.15, 0.2) is 59.5 Å². The van der Waals surface area contributed by atoms with Crippen LogP contribution in [0.4, 0.5) is 0 Å². The number of ketones is 1. The predicted octanol–water partition coefficient (Wildman–Crippen LogP) is 3.98. The number of carbonyl (C=O) groups excluding carboxylic acids is 1. The first kappa shape index (κ1) is 20.5. The van der Waals surface area contributed by atoms with Crippen molar-refractivity contribution < 1.29 is 13.2 Å². The zero-order chi connectivity index (χ0) is 21.3. The van der Waals surface area contributed by atoms with Crippen molar-refractivity contribution in [3.8, 4) is 11.1 Å². The number of nitrogens with one attached hydrogen (secondary N) is 1. The number of aryl methyl sites for hydroxylation is 2. The van der Waals surface area contributed by atoms with Crippen molar-refractivity contribution in [1.82, 2.24) is 14.5 Å². The van der Waals surface area contributed by atoms with Gasteiger partial charge in [-0.1, -0.05) is 54.6 Å². The maximum Gasteiger partial charge on any atom is 0.246 e. The molecule has 0 amide bonds. The Bertz CT molecular complexity index is 1130. The van der Waals surface area contributed by atoms with E-state index in [1.165, 1.54) is 4.31 Å². The summed E-state index contributed by atoms with van der Waals surface area (Å²) in [6.45, 7) is 4.00. The maximum absolute atomic E-state index is 13.2. The molecule has 0 radical (unpaired) electrons. The normalized spacial score (nSPS) is 17.7. The van der Waals surface area contributed by atoms with Crippen LogP contribution < -0.4 is 0 Å². The van der Waals surface area contributed by atoms with Crippen LogP contribution >= 0.6 is 0 Å². The van der Waals surface area contributed by atoms with Gasteiger partial charge in [-0.2, -0.15) is 9.40 Å². The van der Waals surface area contributed by atoms with Crippen LogP contribution in [0, 0.1) is 19.8 Å². The minimum absolute atomic E-state index is 0.00449. The summed E-state index contributed by atoms with van der Waals surface area (Å²) < 4.78 is 27.7. The molecule has 2 aromatic carbocycles. The second-order valence-corrected chi connectivity index (χ2v) is 9.65. The van der Waals surface area contributed by atoms with Crippen LogP contribution in [-0.4, -0.2) is 41.8 Å². The van der Waals surface area contributed by atoms with Gasteiger partial charge in [-0.25, -0.2) is 8.42 Å². The second-order valence-electron chi connectivity index (χ2n) is 7.77. The van der Waals surface area contributed by atoms with Gasteiger partial charge in [-0.15, -0.1) is 0 Å². The van der Waals surface area contributed by atoms with Crippen molar-refractivity contribution in [2.24, 2.45) is 5.92 Å². The highest BCUT2D eigenvalue weighted by molar-refractivity contribution is 7.89. The summed E-state index contributed by atoms with van der Waals surface area (Å²) >= 11 is 0. The number of aromatic amines is 1. The first-order chi connectivity index (χ1) is 14.4. The fourth-order valence-electron chi connectivity index (χ4n) is 4.12. The Morgan fingerprint density at radius 3 is 2.33 bits per heavy atom. The zero-order valence-electron chi connectivity index (χ0n) is 17.1. The molecule has 0 unspecified atom stereocenters. The molecule has 156 valence electrons. The number of sulfonamides is 1. The summed E-state index contributed by atoms with van der Waals surface area (Å²) in [7, 11) is -3.68. The van der Waals surface area contributed by atoms with E-state index in [9.17, 15) is 13.2 Å². The van der Waals surface area contributed by atoms with Crippen LogP contribution in [0.25, 0.3) is 11.1 Å². The summed E-state index contributed by atoms with van der Waals surface area (Å²) in [5, 5.41) is 6.75. The molecular weight excluding hydrogens is 398 g/mol. The smallest absolute Gasteiger partial charge is 0.246 e. The Balaban J connectivity index is 1.53. The van der Waals surface area contributed by atoms with Gasteiger partial charge in [-0.05, 0) is 37.8 Å². The van der Waals surface area contributed by atoms with Gasteiger partial charge in [0.1, 0.15) is 4.90 Å². The highest BCUT2D eigenvalue weighted by Gasteiger charge is 2.35. The number of piperidine rings is 1. The first-order valence-electron chi connectivity index (χ1n) is 10.1. The molecule has 1 aromatic heterocycles. The minimum atomic E-state index is -3.68. The molecule has 1 aliphatic rings. The number of aromatic nitrogens is 2. The highest BCUT2D eigenvalue weighted by Crippen LogP contribution is 2.29. The first-order valence-corrected chi connectivity index (χ1v) is 11.5. The molecule has 0 saturated carbocycles. The van der Waals surface area contributed by atoms with Crippen molar-refractivity contribution >= 4 is 15.8 Å². The van der Waals surface area contributed by atoms with Crippen molar-refractivity contribution in [3.63, 3.8) is 0 Å². The molecule has 7 heteroatoms. The Morgan fingerprint density at radius 1 is 1.03 bits per heavy atom. The van der Waals surface area contributed by atoms with Gasteiger partial charge in [0.05, 0.1) is 11.4 Å². The SMILES string of the molecule is Cc1n[nH]c(C)c1S(=O)(=O)N1CCC[C@H](C(=O)c2ccc(-c3ccccc3)cc2)C1. The van der Waals surface area contributed by atoms with Crippen LogP contribution in [0.1, 0.15) is 34.6 Å². The van der Waals surface area contributed by atoms with E-state index in [1.807, 2.05) is 54.6 Å². The third-order valence-electron chi connectivity index (χ3n) is 5.69. The lowest BCUT2D eigenvalue weighted by Gasteiger charge is -2.31. The van der Waals surface area contributed by atoms with Gasteiger partial charge in [-0.3, -0.25) is 9.89 Å². The molecular formula is C23H25N3O3S. The molecule has 1 saturated heterocycles. The Labute approximate surface area is 177 Å². The van der Waals surface area contributed by atoms with Gasteiger partial charge in [0.2, 0.25) is 10.0 Å². The second kappa shape index (κ2) is 8.16. The number of H-pyrrole nitrogens is 1. The van der Waals surface area contributed by atoms with E-state index in [4.69, 9.17) is 0 Å². The molecule has 6 nitrogen and oxygen atoms in total. The number of Topliss-reactive ketones (excluding diaryl/α,β-unsaturated/α-hetero) is 1. The number of carbonyl (C=O) groups is 1. The molecule has 1 N–H and O–H groups in total. The van der Waals surface area contributed by atoms with Gasteiger partial charge < -0.3 is 0 Å². The quantitative estimate of drug-likeness (QED) is 0.629. The number of hydrogen-bond donors (Lipinski definition) is 1. The molecule has 0 bridgehead atoms. The number of nitrogens with zero attached hydrogens (tertiary/aromatic N) is 2. The fraction of sp³-hybridized carbons (Fsp3) is 0.304. The standard InChI is InChI=1S/C23H25N3O3S/c1-16-23(17(2)25-24-16)30(28,29)26-14-6-9-21(15-26)22(27)20-12-10-19(11-13-20)18-7-4-3-5-8-18/h3-5,7-8,10-13,21H,6,9,14-15H2,1-2H3,(H,24,25)/t21-/m0/s1. The molecule has 1 atom stereocenters. The predicted molar refractivity (Wildman–Crippen MR) is 116 cm³/mol. The lowest BCUT2D eigenvalue weighted by Crippen LogP contribution is -2.42. The molecule has 3 aromatic rings. The fourth-order valence-corrected chi connectivity index (χ4v) is 5.97. The van der Waals surface area contributed by atoms with Crippen molar-refractivity contribution in [2.75, 3.05) is 13.1 Å². The topological polar surface area (TPSA) is 83.1 Å². The van der Waals surface area contributed by atoms with Crippen molar-refractivity contribution in [1.29, 1.82) is 0 Å². The summed E-state index contributed by atoms with van der Waals surface area (Å²) in [5.41, 5.74) is 3.74. The largest absolute Gasteiger partial charge is 0.294 e. The van der Waals surface area contributed by atoms with Crippen molar-refractivity contribution in [3.05, 3.63) is 71.5 Å². The molecule has 1 aliphatic heterocycles. The Kier molecular flexibility index (Phi) is 5.58. The average molecular weight is 424 g/mol. The van der Waals surface area contributed by atoms with E-state index in [-0.39, 0.29) is 23.1 Å². The Morgan fingerprint density at radius 2 is 1.70 bits per heavy atom.